The second-order valence-corrected chi connectivity index (χ2v) is 5.78. The lowest BCUT2D eigenvalue weighted by molar-refractivity contribution is 0.896. The zero-order valence-corrected chi connectivity index (χ0v) is 13.4. The molecule has 22 heavy (non-hydrogen) atoms. The van der Waals surface area contributed by atoms with Gasteiger partial charge in [-0.05, 0) is 29.8 Å². The van der Waals surface area contributed by atoms with Gasteiger partial charge in [0.2, 0.25) is 11.9 Å². The van der Waals surface area contributed by atoms with E-state index in [2.05, 4.69) is 10.1 Å². The van der Waals surface area contributed by atoms with Gasteiger partial charge in [-0.25, -0.2) is 0 Å². The molecule has 112 valence electrons. The first-order valence-electron chi connectivity index (χ1n) is 6.19. The van der Waals surface area contributed by atoms with E-state index in [1.54, 1.807) is 24.3 Å². The third-order valence-electron chi connectivity index (χ3n) is 3.05. The van der Waals surface area contributed by atoms with Gasteiger partial charge in [-0.1, -0.05) is 46.9 Å². The Morgan fingerprint density at radius 1 is 0.909 bits per heavy atom. The summed E-state index contributed by atoms with van der Waals surface area (Å²) in [5.74, 6) is 0.232. The molecule has 3 rings (SSSR count). The van der Waals surface area contributed by atoms with Crippen molar-refractivity contribution in [2.24, 2.45) is 0 Å². The van der Waals surface area contributed by atoms with Gasteiger partial charge in [0.05, 0.1) is 15.7 Å². The summed E-state index contributed by atoms with van der Waals surface area (Å²) >= 11 is 18.6. The quantitative estimate of drug-likeness (QED) is 0.727. The Labute approximate surface area is 141 Å². The maximum atomic E-state index is 6.37. The summed E-state index contributed by atoms with van der Waals surface area (Å²) in [6, 6.07) is 10.6. The van der Waals surface area contributed by atoms with E-state index >= 15 is 0 Å². The van der Waals surface area contributed by atoms with Crippen molar-refractivity contribution in [1.82, 2.24) is 14.8 Å². The Bertz CT molecular complexity index is 819. The molecule has 0 bridgehead atoms. The molecule has 8 heteroatoms. The number of halogens is 3. The predicted octanol–water partition coefficient (Wildman–Crippen LogP) is 4.06. The van der Waals surface area contributed by atoms with Crippen LogP contribution in [0.5, 0.6) is 0 Å². The number of nitrogens with two attached hydrogens (primary N) is 2. The molecule has 1 aromatic heterocycles. The highest BCUT2D eigenvalue weighted by molar-refractivity contribution is 6.39. The first kappa shape index (κ1) is 15.0. The molecule has 0 saturated carbocycles. The Hall–Kier alpha value is -1.95. The number of rotatable bonds is 2. The van der Waals surface area contributed by atoms with Crippen LogP contribution in [-0.2, 0) is 0 Å². The fourth-order valence-electron chi connectivity index (χ4n) is 2.11. The van der Waals surface area contributed by atoms with Crippen LogP contribution in [0, 0.1) is 0 Å². The van der Waals surface area contributed by atoms with Crippen LogP contribution in [0.15, 0.2) is 36.4 Å². The summed E-state index contributed by atoms with van der Waals surface area (Å²) in [6.45, 7) is 0. The van der Waals surface area contributed by atoms with Crippen molar-refractivity contribution in [3.63, 3.8) is 0 Å². The highest BCUT2D eigenvalue weighted by atomic mass is 35.5. The minimum Gasteiger partial charge on any atom is -0.368 e. The van der Waals surface area contributed by atoms with E-state index in [-0.39, 0.29) is 11.9 Å². The normalized spacial score (nSPS) is 10.9. The molecule has 0 atom stereocenters. The summed E-state index contributed by atoms with van der Waals surface area (Å²) in [6.07, 6.45) is 0. The Balaban J connectivity index is 2.12. The topological polar surface area (TPSA) is 82.7 Å². The van der Waals surface area contributed by atoms with Crippen LogP contribution in [0.2, 0.25) is 15.1 Å². The molecule has 0 radical (unpaired) electrons. The third kappa shape index (κ3) is 2.70. The predicted molar refractivity (Wildman–Crippen MR) is 90.6 cm³/mol. The summed E-state index contributed by atoms with van der Waals surface area (Å²) in [4.78, 5) is 3.84. The van der Waals surface area contributed by atoms with E-state index in [1.807, 2.05) is 12.1 Å². The number of nitrogen functional groups attached to an aromatic ring is 2. The van der Waals surface area contributed by atoms with Crippen molar-refractivity contribution >= 4 is 46.7 Å². The molecule has 0 fully saturated rings. The van der Waals surface area contributed by atoms with Gasteiger partial charge >= 0.3 is 0 Å². The van der Waals surface area contributed by atoms with E-state index in [1.165, 1.54) is 4.68 Å². The van der Waals surface area contributed by atoms with Crippen LogP contribution in [0.3, 0.4) is 0 Å². The number of anilines is 2. The summed E-state index contributed by atoms with van der Waals surface area (Å²) in [5, 5.41) is 5.55. The number of benzene rings is 2. The van der Waals surface area contributed by atoms with Gasteiger partial charge < -0.3 is 11.5 Å². The van der Waals surface area contributed by atoms with Gasteiger partial charge in [-0.3, -0.25) is 0 Å². The van der Waals surface area contributed by atoms with Gasteiger partial charge in [-0.2, -0.15) is 9.67 Å². The minimum absolute atomic E-state index is 0.0755. The fourth-order valence-corrected chi connectivity index (χ4v) is 2.92. The van der Waals surface area contributed by atoms with E-state index in [9.17, 15) is 0 Å². The lowest BCUT2D eigenvalue weighted by Crippen LogP contribution is -2.03. The Morgan fingerprint density at radius 3 is 2.00 bits per heavy atom. The van der Waals surface area contributed by atoms with Crippen LogP contribution in [0.25, 0.3) is 16.8 Å². The van der Waals surface area contributed by atoms with Crippen LogP contribution in [0.4, 0.5) is 11.9 Å². The average Bonchev–Trinajstić information content (AvgIpc) is 2.79. The van der Waals surface area contributed by atoms with Gasteiger partial charge in [-0.15, -0.1) is 5.10 Å². The van der Waals surface area contributed by atoms with Gasteiger partial charge in [0.1, 0.15) is 0 Å². The van der Waals surface area contributed by atoms with Crippen LogP contribution < -0.4 is 11.5 Å². The lowest BCUT2D eigenvalue weighted by atomic mass is 10.1. The smallest absolute Gasteiger partial charge is 0.241 e. The molecule has 2 aromatic carbocycles. The molecular weight excluding hydrogens is 345 g/mol. The number of nitrogens with zero attached hydrogens (tertiary/aromatic N) is 3. The van der Waals surface area contributed by atoms with Gasteiger partial charge in [0.15, 0.2) is 0 Å². The number of hydrogen-bond acceptors (Lipinski definition) is 4. The van der Waals surface area contributed by atoms with Gasteiger partial charge in [0, 0.05) is 10.6 Å². The van der Waals surface area contributed by atoms with E-state index in [0.717, 1.165) is 5.56 Å². The summed E-state index contributed by atoms with van der Waals surface area (Å²) in [7, 11) is 0. The van der Waals surface area contributed by atoms with Crippen molar-refractivity contribution in [3.8, 4) is 16.8 Å². The summed E-state index contributed by atoms with van der Waals surface area (Å²) in [5.41, 5.74) is 13.4. The average molecular weight is 355 g/mol. The molecule has 0 amide bonds. The molecule has 5 nitrogen and oxygen atoms in total. The molecule has 0 spiro atoms. The zero-order valence-electron chi connectivity index (χ0n) is 11.1. The first-order valence-corrected chi connectivity index (χ1v) is 7.32. The third-order valence-corrected chi connectivity index (χ3v) is 3.90. The van der Waals surface area contributed by atoms with Crippen molar-refractivity contribution in [1.29, 1.82) is 0 Å². The highest BCUT2D eigenvalue weighted by Gasteiger charge is 2.14. The molecule has 0 aliphatic heterocycles. The van der Waals surface area contributed by atoms with Crippen molar-refractivity contribution in [2.75, 3.05) is 11.5 Å². The Kier molecular flexibility index (Phi) is 3.87. The van der Waals surface area contributed by atoms with Crippen LogP contribution in [-0.4, -0.2) is 14.8 Å². The zero-order chi connectivity index (χ0) is 15.9. The Morgan fingerprint density at radius 2 is 1.50 bits per heavy atom. The molecule has 0 unspecified atom stereocenters. The first-order chi connectivity index (χ1) is 10.5. The van der Waals surface area contributed by atoms with E-state index in [0.29, 0.717) is 26.3 Å². The lowest BCUT2D eigenvalue weighted by Gasteiger charge is -2.11. The number of hydrogen-bond donors (Lipinski definition) is 2. The molecule has 0 aliphatic rings. The standard InChI is InChI=1S/C14H10Cl3N5/c15-8-3-1-7(2-4-8)12-10(16)5-9(6-11(12)17)22-14(19)20-13(18)21-22/h1-6H,(H4,18,19,20,21). The molecule has 0 aliphatic carbocycles. The summed E-state index contributed by atoms with van der Waals surface area (Å²) < 4.78 is 1.37. The second kappa shape index (κ2) is 5.68. The van der Waals surface area contributed by atoms with Gasteiger partial charge in [0.25, 0.3) is 0 Å². The SMILES string of the molecule is Nc1nc(N)n(-c2cc(Cl)c(-c3ccc(Cl)cc3)c(Cl)c2)n1. The molecule has 3 aromatic rings. The van der Waals surface area contributed by atoms with E-state index < -0.39 is 0 Å². The molecule has 0 saturated heterocycles. The molecule has 4 N–H and O–H groups in total. The molecular formula is C14H10Cl3N5. The second-order valence-electron chi connectivity index (χ2n) is 4.53. The fraction of sp³-hybridized carbons (Fsp3) is 0. The maximum absolute atomic E-state index is 6.37. The minimum atomic E-state index is 0.0755. The van der Waals surface area contributed by atoms with Crippen molar-refractivity contribution < 1.29 is 0 Å². The molecule has 1 heterocycles. The monoisotopic (exact) mass is 353 g/mol. The van der Waals surface area contributed by atoms with Crippen molar-refractivity contribution in [3.05, 3.63) is 51.5 Å². The van der Waals surface area contributed by atoms with Crippen LogP contribution >= 0.6 is 34.8 Å². The number of aromatic nitrogens is 3. The highest BCUT2D eigenvalue weighted by Crippen LogP contribution is 2.37. The largest absolute Gasteiger partial charge is 0.368 e. The van der Waals surface area contributed by atoms with Crippen molar-refractivity contribution in [2.45, 2.75) is 0 Å². The van der Waals surface area contributed by atoms with Crippen LogP contribution in [0.1, 0.15) is 0 Å². The maximum Gasteiger partial charge on any atom is 0.241 e. The van der Waals surface area contributed by atoms with E-state index in [4.69, 9.17) is 46.3 Å².